The monoisotopic (exact) mass is 447 g/mol. The topological polar surface area (TPSA) is 72.7 Å². The Balaban J connectivity index is 1.74. The van der Waals surface area contributed by atoms with Crippen molar-refractivity contribution in [3.63, 3.8) is 0 Å². The van der Waals surface area contributed by atoms with Crippen molar-refractivity contribution in [2.75, 3.05) is 11.1 Å². The standard InChI is InChI=1S/C17H11F6N5OS/c18-16(19,20)10-6-11(17(21,22)23)8-12(7-10)24-14(29)9-30-15-25-26-27-28(15)13-4-2-1-3-5-13/h1-8H,9H2,(H,24,29). The first-order valence-electron chi connectivity index (χ1n) is 8.10. The summed E-state index contributed by atoms with van der Waals surface area (Å²) in [7, 11) is 0. The summed E-state index contributed by atoms with van der Waals surface area (Å²) in [5, 5.41) is 13.3. The molecular weight excluding hydrogens is 436 g/mol. The summed E-state index contributed by atoms with van der Waals surface area (Å²) in [5.74, 6) is -1.17. The molecule has 0 atom stereocenters. The van der Waals surface area contributed by atoms with Gasteiger partial charge >= 0.3 is 12.4 Å². The van der Waals surface area contributed by atoms with Gasteiger partial charge in [-0.15, -0.1) is 5.10 Å². The highest BCUT2D eigenvalue weighted by Gasteiger charge is 2.37. The SMILES string of the molecule is O=C(CSc1nnnn1-c1ccccc1)Nc1cc(C(F)(F)F)cc(C(F)(F)F)c1. The van der Waals surface area contributed by atoms with Crippen LogP contribution in [0.1, 0.15) is 11.1 Å². The molecule has 6 nitrogen and oxygen atoms in total. The van der Waals surface area contributed by atoms with Gasteiger partial charge in [0.05, 0.1) is 22.6 Å². The number of para-hydroxylation sites is 1. The van der Waals surface area contributed by atoms with Crippen molar-refractivity contribution in [1.82, 2.24) is 20.2 Å². The summed E-state index contributed by atoms with van der Waals surface area (Å²) in [4.78, 5) is 12.1. The van der Waals surface area contributed by atoms with Gasteiger partial charge in [-0.05, 0) is 40.8 Å². The van der Waals surface area contributed by atoms with E-state index in [0.717, 1.165) is 11.8 Å². The first kappa shape index (κ1) is 21.6. The summed E-state index contributed by atoms with van der Waals surface area (Å²) in [6, 6.07) is 9.53. The maximum absolute atomic E-state index is 12.9. The van der Waals surface area contributed by atoms with Crippen LogP contribution < -0.4 is 5.32 Å². The third-order valence-corrected chi connectivity index (χ3v) is 4.56. The second-order valence-corrected chi connectivity index (χ2v) is 6.78. The van der Waals surface area contributed by atoms with Crippen LogP contribution in [0.25, 0.3) is 5.69 Å². The number of hydrogen-bond acceptors (Lipinski definition) is 5. The van der Waals surface area contributed by atoms with Gasteiger partial charge in [0.1, 0.15) is 0 Å². The van der Waals surface area contributed by atoms with E-state index in [2.05, 4.69) is 20.8 Å². The average molecular weight is 447 g/mol. The Kier molecular flexibility index (Phi) is 6.01. The van der Waals surface area contributed by atoms with Gasteiger partial charge in [0.25, 0.3) is 0 Å². The molecule has 0 aliphatic heterocycles. The fourth-order valence-electron chi connectivity index (χ4n) is 2.35. The minimum Gasteiger partial charge on any atom is -0.325 e. The second-order valence-electron chi connectivity index (χ2n) is 5.84. The van der Waals surface area contributed by atoms with Crippen molar-refractivity contribution in [2.45, 2.75) is 17.5 Å². The molecule has 158 valence electrons. The predicted molar refractivity (Wildman–Crippen MR) is 95.0 cm³/mol. The molecule has 0 unspecified atom stereocenters. The first-order chi connectivity index (χ1) is 14.0. The lowest BCUT2D eigenvalue weighted by Gasteiger charge is -2.14. The molecule has 3 aromatic rings. The number of carbonyl (C=O) groups is 1. The maximum atomic E-state index is 12.9. The van der Waals surface area contributed by atoms with E-state index in [-0.39, 0.29) is 17.0 Å². The lowest BCUT2D eigenvalue weighted by Crippen LogP contribution is -2.17. The van der Waals surface area contributed by atoms with Gasteiger partial charge in [0.15, 0.2) is 0 Å². The van der Waals surface area contributed by atoms with Gasteiger partial charge in [-0.1, -0.05) is 30.0 Å². The number of rotatable bonds is 5. The fourth-order valence-corrected chi connectivity index (χ4v) is 3.05. The van der Waals surface area contributed by atoms with E-state index >= 15 is 0 Å². The van der Waals surface area contributed by atoms with Gasteiger partial charge in [-0.25, -0.2) is 0 Å². The molecule has 0 aliphatic rings. The number of nitrogens with zero attached hydrogens (tertiary/aromatic N) is 4. The molecule has 1 amide bonds. The molecule has 1 N–H and O–H groups in total. The molecule has 3 rings (SSSR count). The summed E-state index contributed by atoms with van der Waals surface area (Å²) < 4.78 is 78.8. The summed E-state index contributed by atoms with van der Waals surface area (Å²) in [6.07, 6.45) is -10.0. The third kappa shape index (κ3) is 5.28. The van der Waals surface area contributed by atoms with Crippen LogP contribution in [-0.2, 0) is 17.1 Å². The number of hydrogen-bond donors (Lipinski definition) is 1. The number of thioether (sulfide) groups is 1. The number of carbonyl (C=O) groups excluding carboxylic acids is 1. The Morgan fingerprint density at radius 2 is 1.57 bits per heavy atom. The number of halogens is 6. The minimum absolute atomic E-state index is 0.0155. The number of tetrazole rings is 1. The largest absolute Gasteiger partial charge is 0.416 e. The van der Waals surface area contributed by atoms with E-state index in [1.54, 1.807) is 30.3 Å². The van der Waals surface area contributed by atoms with Crippen molar-refractivity contribution >= 4 is 23.4 Å². The highest BCUT2D eigenvalue weighted by Crippen LogP contribution is 2.37. The molecular formula is C17H11F6N5OS. The number of benzene rings is 2. The van der Waals surface area contributed by atoms with Crippen LogP contribution in [0.4, 0.5) is 32.0 Å². The van der Waals surface area contributed by atoms with Crippen molar-refractivity contribution < 1.29 is 31.1 Å². The van der Waals surface area contributed by atoms with E-state index in [0.29, 0.717) is 17.8 Å². The van der Waals surface area contributed by atoms with Crippen molar-refractivity contribution in [3.8, 4) is 5.69 Å². The Bertz CT molecular complexity index is 1000. The Hall–Kier alpha value is -3.09. The second kappa shape index (κ2) is 8.34. The van der Waals surface area contributed by atoms with E-state index < -0.39 is 35.1 Å². The lowest BCUT2D eigenvalue weighted by molar-refractivity contribution is -0.143. The highest BCUT2D eigenvalue weighted by molar-refractivity contribution is 7.99. The summed E-state index contributed by atoms with van der Waals surface area (Å²) in [6.45, 7) is 0. The van der Waals surface area contributed by atoms with Crippen LogP contribution in [0.2, 0.25) is 0 Å². The van der Waals surface area contributed by atoms with Gasteiger partial charge in [0.2, 0.25) is 11.1 Å². The lowest BCUT2D eigenvalue weighted by atomic mass is 10.1. The molecule has 0 saturated heterocycles. The van der Waals surface area contributed by atoms with Gasteiger partial charge < -0.3 is 5.32 Å². The van der Waals surface area contributed by atoms with Crippen LogP contribution in [0, 0.1) is 0 Å². The van der Waals surface area contributed by atoms with Crippen LogP contribution in [-0.4, -0.2) is 31.9 Å². The molecule has 1 heterocycles. The molecule has 0 radical (unpaired) electrons. The quantitative estimate of drug-likeness (QED) is 0.463. The van der Waals surface area contributed by atoms with Crippen LogP contribution in [0.3, 0.4) is 0 Å². The normalized spacial score (nSPS) is 12.1. The first-order valence-corrected chi connectivity index (χ1v) is 9.08. The summed E-state index contributed by atoms with van der Waals surface area (Å²) >= 11 is 0.866. The highest BCUT2D eigenvalue weighted by atomic mass is 32.2. The minimum atomic E-state index is -5.01. The Morgan fingerprint density at radius 1 is 0.967 bits per heavy atom. The van der Waals surface area contributed by atoms with Crippen LogP contribution >= 0.6 is 11.8 Å². The van der Waals surface area contributed by atoms with Crippen LogP contribution in [0.5, 0.6) is 0 Å². The number of aromatic nitrogens is 4. The van der Waals surface area contributed by atoms with Gasteiger partial charge in [-0.3, -0.25) is 4.79 Å². The smallest absolute Gasteiger partial charge is 0.325 e. The van der Waals surface area contributed by atoms with Crippen molar-refractivity contribution in [3.05, 3.63) is 59.7 Å². The molecule has 0 saturated carbocycles. The Morgan fingerprint density at radius 3 is 2.13 bits per heavy atom. The number of amides is 1. The zero-order valence-electron chi connectivity index (χ0n) is 14.7. The van der Waals surface area contributed by atoms with Crippen molar-refractivity contribution in [1.29, 1.82) is 0 Å². The van der Waals surface area contributed by atoms with E-state index in [1.165, 1.54) is 4.68 Å². The third-order valence-electron chi connectivity index (χ3n) is 3.65. The van der Waals surface area contributed by atoms with Crippen LogP contribution in [0.15, 0.2) is 53.7 Å². The zero-order chi connectivity index (χ0) is 21.9. The van der Waals surface area contributed by atoms with Crippen molar-refractivity contribution in [2.24, 2.45) is 0 Å². The predicted octanol–water partition coefficient (Wildman–Crippen LogP) is 4.43. The number of anilines is 1. The number of alkyl halides is 6. The molecule has 0 spiro atoms. The molecule has 2 aromatic carbocycles. The molecule has 0 fully saturated rings. The maximum Gasteiger partial charge on any atom is 0.416 e. The summed E-state index contributed by atoms with van der Waals surface area (Å²) in [5.41, 5.74) is -3.05. The Labute approximate surface area is 169 Å². The molecule has 30 heavy (non-hydrogen) atoms. The van der Waals surface area contributed by atoms with Gasteiger partial charge in [0, 0.05) is 5.69 Å². The average Bonchev–Trinajstić information content (AvgIpc) is 3.14. The van der Waals surface area contributed by atoms with E-state index in [9.17, 15) is 31.1 Å². The number of nitrogens with one attached hydrogen (secondary N) is 1. The molecule has 0 bridgehead atoms. The van der Waals surface area contributed by atoms with Gasteiger partial charge in [-0.2, -0.15) is 31.0 Å². The van der Waals surface area contributed by atoms with E-state index in [4.69, 9.17) is 0 Å². The van der Waals surface area contributed by atoms with E-state index in [1.807, 2.05) is 0 Å². The molecule has 0 aliphatic carbocycles. The molecule has 1 aromatic heterocycles. The fraction of sp³-hybridized carbons (Fsp3) is 0.176. The molecule has 13 heteroatoms. The zero-order valence-corrected chi connectivity index (χ0v) is 15.5.